The fourth-order valence-electron chi connectivity index (χ4n) is 15.3. The number of fused-ring (bicyclic) bond motifs is 1. The van der Waals surface area contributed by atoms with Crippen molar-refractivity contribution >= 4 is 94.8 Å². The number of aromatic nitrogens is 7. The summed E-state index contributed by atoms with van der Waals surface area (Å²) in [5, 5.41) is 34.9. The van der Waals surface area contributed by atoms with Crippen molar-refractivity contribution in [2.24, 2.45) is 34.5 Å². The van der Waals surface area contributed by atoms with Crippen LogP contribution in [-0.4, -0.2) is 122 Å². The number of pyridine rings is 1. The number of amides is 4. The molecule has 2 aliphatic heterocycles. The number of carbonyl (C=O) groups excluding carboxylic acids is 4. The monoisotopic (exact) mass is 1310 g/mol. The van der Waals surface area contributed by atoms with Crippen LogP contribution in [0.1, 0.15) is 125 Å². The summed E-state index contributed by atoms with van der Waals surface area (Å²) >= 11 is 3.08. The number of hydrogen-bond donors (Lipinski definition) is 5. The Bertz CT molecular complexity index is 4200. The maximum Gasteiger partial charge on any atom is 0.284 e. The van der Waals surface area contributed by atoms with Crippen molar-refractivity contribution in [1.29, 1.82) is 0 Å². The highest BCUT2D eigenvalue weighted by Gasteiger charge is 2.51. The van der Waals surface area contributed by atoms with Gasteiger partial charge in [0.2, 0.25) is 17.7 Å². The largest absolute Gasteiger partial charge is 0.391 e. The van der Waals surface area contributed by atoms with Gasteiger partial charge in [-0.2, -0.15) is 5.10 Å². The lowest BCUT2D eigenvalue weighted by atomic mass is 9.49. The summed E-state index contributed by atoms with van der Waals surface area (Å²) in [7, 11) is -2.70. The third kappa shape index (κ3) is 13.1. The molecule has 4 amide bonds. The molecule has 5 aromatic heterocycles. The van der Waals surface area contributed by atoms with Gasteiger partial charge in [-0.15, -0.1) is 21.5 Å². The van der Waals surface area contributed by atoms with Crippen LogP contribution in [0.5, 0.6) is 0 Å². The van der Waals surface area contributed by atoms with E-state index in [0.717, 1.165) is 73.2 Å². The summed E-state index contributed by atoms with van der Waals surface area (Å²) in [6.07, 6.45) is 9.42. The van der Waals surface area contributed by atoms with E-state index in [4.69, 9.17) is 10.1 Å². The lowest BCUT2D eigenvalue weighted by Gasteiger charge is -2.56. The third-order valence-electron chi connectivity index (χ3n) is 20.0. The molecule has 6 fully saturated rings. The second-order valence-electron chi connectivity index (χ2n) is 27.7. The molecule has 0 unspecified atom stereocenters. The first kappa shape index (κ1) is 63.6. The minimum absolute atomic E-state index is 0.0431. The Morgan fingerprint density at radius 1 is 0.817 bits per heavy atom. The molecule has 6 aliphatic rings. The maximum atomic E-state index is 14.8. The summed E-state index contributed by atoms with van der Waals surface area (Å²) < 4.78 is 34.2. The van der Waals surface area contributed by atoms with Gasteiger partial charge in [0.25, 0.3) is 15.9 Å². The number of piperidine rings is 1. The molecule has 24 heteroatoms. The molecule has 93 heavy (non-hydrogen) atoms. The van der Waals surface area contributed by atoms with Gasteiger partial charge in [-0.1, -0.05) is 68.5 Å². The van der Waals surface area contributed by atoms with Crippen molar-refractivity contribution in [1.82, 2.24) is 55.2 Å². The van der Waals surface area contributed by atoms with E-state index in [-0.39, 0.29) is 46.8 Å². The van der Waals surface area contributed by atoms with Gasteiger partial charge in [0.1, 0.15) is 23.6 Å². The molecule has 486 valence electrons. The zero-order valence-electron chi connectivity index (χ0n) is 53.7. The zero-order chi connectivity index (χ0) is 65.3. The van der Waals surface area contributed by atoms with Gasteiger partial charge in [-0.3, -0.25) is 23.9 Å². The molecular formula is C69H80N14O7S3. The molecule has 2 saturated heterocycles. The van der Waals surface area contributed by atoms with E-state index in [1.165, 1.54) is 66.9 Å². The van der Waals surface area contributed by atoms with Gasteiger partial charge >= 0.3 is 0 Å². The molecule has 14 rings (SSSR count). The molecule has 4 saturated carbocycles. The molecule has 0 radical (unpaired) electrons. The summed E-state index contributed by atoms with van der Waals surface area (Å²) in [6, 6.07) is 25.2. The van der Waals surface area contributed by atoms with E-state index in [2.05, 4.69) is 50.4 Å². The van der Waals surface area contributed by atoms with E-state index < -0.39 is 51.4 Å². The highest BCUT2D eigenvalue weighted by Crippen LogP contribution is 2.60. The van der Waals surface area contributed by atoms with Crippen LogP contribution in [0.2, 0.25) is 0 Å². The van der Waals surface area contributed by atoms with E-state index in [0.29, 0.717) is 59.6 Å². The molecule has 0 spiro atoms. The molecule has 7 heterocycles. The Labute approximate surface area is 550 Å². The van der Waals surface area contributed by atoms with Crippen LogP contribution in [0.4, 0.5) is 28.3 Å². The summed E-state index contributed by atoms with van der Waals surface area (Å²) in [5.41, 5.74) is 8.42. The number of benzene rings is 3. The summed E-state index contributed by atoms with van der Waals surface area (Å²) in [4.78, 5) is 77.5. The predicted molar refractivity (Wildman–Crippen MR) is 361 cm³/mol. The number of sulfonamides is 1. The van der Waals surface area contributed by atoms with Crippen molar-refractivity contribution < 1.29 is 32.7 Å². The number of hydrogen-bond acceptors (Lipinski definition) is 18. The van der Waals surface area contributed by atoms with Crippen LogP contribution in [-0.2, 0) is 31.0 Å². The number of likely N-dealkylation sites (tertiary alicyclic amines) is 1. The van der Waals surface area contributed by atoms with Gasteiger partial charge < -0.3 is 35.8 Å². The van der Waals surface area contributed by atoms with Crippen LogP contribution in [0.3, 0.4) is 0 Å². The second kappa shape index (κ2) is 25.3. The van der Waals surface area contributed by atoms with Gasteiger partial charge in [0, 0.05) is 68.1 Å². The van der Waals surface area contributed by atoms with Crippen LogP contribution in [0.15, 0.2) is 108 Å². The lowest BCUT2D eigenvalue weighted by molar-refractivity contribution is -0.144. The highest BCUT2D eigenvalue weighted by molar-refractivity contribution is 7.90. The molecule has 4 aliphatic carbocycles. The first-order valence-corrected chi connectivity index (χ1v) is 35.4. The number of aliphatic hydroxyl groups is 1. The molecule has 8 aromatic rings. The number of anilines is 5. The van der Waals surface area contributed by atoms with E-state index in [9.17, 15) is 32.7 Å². The summed E-state index contributed by atoms with van der Waals surface area (Å²) in [6.45, 7) is 15.0. The number of nitrogens with zero attached hydrogens (tertiary/aromatic N) is 10. The Balaban J connectivity index is 0.669. The van der Waals surface area contributed by atoms with E-state index >= 15 is 0 Å². The van der Waals surface area contributed by atoms with Gasteiger partial charge in [-0.25, -0.2) is 28.1 Å². The van der Waals surface area contributed by atoms with Crippen molar-refractivity contribution in [3.05, 3.63) is 131 Å². The van der Waals surface area contributed by atoms with Crippen LogP contribution < -0.4 is 30.5 Å². The number of para-hydroxylation sites is 1. The zero-order valence-corrected chi connectivity index (χ0v) is 56.2. The molecule has 21 nitrogen and oxygen atoms in total. The number of carbonyl (C=O) groups is 4. The normalized spacial score (nSPS) is 22.0. The van der Waals surface area contributed by atoms with Gasteiger partial charge in [0.15, 0.2) is 16.8 Å². The number of nitrogens with one attached hydrogen (secondary N) is 4. The molecule has 5 N–H and O–H groups in total. The fraction of sp³-hybridized carbons (Fsp3) is 0.449. The third-order valence-corrected chi connectivity index (χ3v) is 23.2. The van der Waals surface area contributed by atoms with Crippen LogP contribution >= 0.6 is 22.7 Å². The Morgan fingerprint density at radius 2 is 1.52 bits per heavy atom. The number of aryl methyl sites for hydroxylation is 2. The molecule has 4 bridgehead atoms. The highest BCUT2D eigenvalue weighted by atomic mass is 32.2. The first-order chi connectivity index (χ1) is 44.4. The molecule has 4 atom stereocenters. The van der Waals surface area contributed by atoms with Crippen molar-refractivity contribution in [2.75, 3.05) is 41.8 Å². The predicted octanol–water partition coefficient (Wildman–Crippen LogP) is 10.8. The Morgan fingerprint density at radius 3 is 2.17 bits per heavy atom. The van der Waals surface area contributed by atoms with E-state index in [1.807, 2.05) is 109 Å². The van der Waals surface area contributed by atoms with Gasteiger partial charge in [-0.05, 0) is 179 Å². The number of thiazole rings is 2. The smallest absolute Gasteiger partial charge is 0.284 e. The van der Waals surface area contributed by atoms with E-state index in [1.54, 1.807) is 53.7 Å². The van der Waals surface area contributed by atoms with Crippen molar-refractivity contribution in [2.45, 2.75) is 142 Å². The lowest BCUT2D eigenvalue weighted by Crippen LogP contribution is -2.59. The SMILES string of the molecule is Cc1cc(N(C)c2ccc(-c3cnn(CC45CC6CC(CC(C6)C4)C5)c3C)c(C(=O)NS(=O)(=O)c3ccc(N4CCC(C(=O)N[C@H](C(=O)N5C[C@H](O)C[C@H]5C(=O)N[C@@H](C)c5ccc(-c6scnc6C)cc5)C(C)(C)C)CC4)cc3)n2)nnc1Nc1nc2ccccc2s1. The van der Waals surface area contributed by atoms with Gasteiger partial charge in [0.05, 0.1) is 49.5 Å². The first-order valence-electron chi connectivity index (χ1n) is 32.2. The van der Waals surface area contributed by atoms with Crippen molar-refractivity contribution in [3.63, 3.8) is 0 Å². The Hall–Kier alpha value is -8.19. The Kier molecular flexibility index (Phi) is 17.3. The number of aliphatic hydroxyl groups excluding tert-OH is 1. The minimum atomic E-state index is -4.46. The fourth-order valence-corrected chi connectivity index (χ4v) is 18.0. The standard InChI is InChI=1S/C69H80N14O7S3/c1-39-27-58(77-78-62(39)76-67-73-54-11-9-10-12-56(54)92-67)80(8)57-22-21-52(53-35-71-83(42(53)4)37-69-32-43-28-44(33-69)30-45(29-43)34-69)59(74-57)65(87)79-93(89,90)51-19-17-49(18-20-51)81-25-23-48(24-26-81)63(85)75-61(68(5,6)7)66(88)82-36-50(84)31-55(82)64(86)72-40(2)46-13-15-47(16-14-46)60-41(3)70-38-91-60/h9-22,27,35,38,40,43-45,48,50,55,61,84H,23-26,28-34,36-37H2,1-8H3,(H,72,86)(H,75,85)(H,79,87)(H,73,76,78)/t40-,43?,44?,45?,50+,55-,61+,69?/m0/s1. The minimum Gasteiger partial charge on any atom is -0.391 e. The van der Waals surface area contributed by atoms with Crippen molar-refractivity contribution in [3.8, 4) is 21.6 Å². The second-order valence-corrected chi connectivity index (χ2v) is 31.3. The topological polar surface area (TPSA) is 263 Å². The number of rotatable bonds is 18. The number of β-amino-alcohol motifs (C(OH)–C–C–N with tert-alkyl or cyclic N) is 1. The maximum absolute atomic E-state index is 14.8. The van der Waals surface area contributed by atoms with Crippen LogP contribution in [0, 0.1) is 55.3 Å². The van der Waals surface area contributed by atoms with Crippen LogP contribution in [0.25, 0.3) is 31.8 Å². The summed E-state index contributed by atoms with van der Waals surface area (Å²) in [5.74, 6) is 1.16. The molecule has 3 aromatic carbocycles. The average Bonchev–Trinajstić information content (AvgIpc) is 1.77. The molecular weight excluding hydrogens is 1230 g/mol. The quantitative estimate of drug-likeness (QED) is 0.0535. The average molecular weight is 1310 g/mol.